The minimum atomic E-state index is -0.759. The second-order valence-corrected chi connectivity index (χ2v) is 6.74. The van der Waals surface area contributed by atoms with Crippen LogP contribution in [0.15, 0.2) is 36.5 Å². The fourth-order valence-electron chi connectivity index (χ4n) is 3.13. The summed E-state index contributed by atoms with van der Waals surface area (Å²) in [6, 6.07) is 5.75. The number of fused-ring (bicyclic) bond motifs is 1. The van der Waals surface area contributed by atoms with Gasteiger partial charge >= 0.3 is 6.03 Å². The van der Waals surface area contributed by atoms with E-state index >= 15 is 0 Å². The number of benzene rings is 1. The molecule has 0 saturated carbocycles. The van der Waals surface area contributed by atoms with Crippen LogP contribution in [-0.4, -0.2) is 33.0 Å². The Morgan fingerprint density at radius 2 is 2.07 bits per heavy atom. The average molecular weight is 412 g/mol. The van der Waals surface area contributed by atoms with Crippen LogP contribution in [-0.2, 0) is 24.4 Å². The lowest BCUT2D eigenvalue weighted by atomic mass is 10.1. The van der Waals surface area contributed by atoms with Crippen LogP contribution in [0.3, 0.4) is 0 Å². The number of nitrogens with one attached hydrogen (secondary N) is 1. The molecule has 4 rings (SSSR count). The van der Waals surface area contributed by atoms with Crippen LogP contribution in [0, 0.1) is 11.6 Å². The number of amides is 2. The van der Waals surface area contributed by atoms with Gasteiger partial charge in [0.15, 0.2) is 11.6 Å². The highest BCUT2D eigenvalue weighted by atomic mass is 19.1. The van der Waals surface area contributed by atoms with Gasteiger partial charge in [0.25, 0.3) is 0 Å². The molecule has 1 aromatic carbocycles. The number of ether oxygens (including phenoxy) is 1. The monoisotopic (exact) mass is 412 g/mol. The Labute approximate surface area is 170 Å². The molecule has 3 aromatic rings. The van der Waals surface area contributed by atoms with Gasteiger partial charge in [0.2, 0.25) is 0 Å². The van der Waals surface area contributed by atoms with Gasteiger partial charge in [0.1, 0.15) is 18.2 Å². The Hall–Kier alpha value is -3.66. The number of hydrogen-bond acceptors (Lipinski definition) is 6. The predicted octanol–water partition coefficient (Wildman–Crippen LogP) is 3.09. The molecular weight excluding hydrogens is 394 g/mol. The van der Waals surface area contributed by atoms with E-state index < -0.39 is 17.7 Å². The molecule has 0 aliphatic carbocycles. The molecule has 0 spiro atoms. The van der Waals surface area contributed by atoms with Gasteiger partial charge in [0, 0.05) is 30.5 Å². The van der Waals surface area contributed by atoms with Crippen molar-refractivity contribution in [3.8, 4) is 11.3 Å². The summed E-state index contributed by atoms with van der Waals surface area (Å²) in [7, 11) is 1.56. The molecule has 3 N–H and O–H groups in total. The lowest BCUT2D eigenvalue weighted by Gasteiger charge is -2.17. The number of nitrogens with two attached hydrogens (primary N) is 1. The molecule has 3 heterocycles. The van der Waals surface area contributed by atoms with Crippen LogP contribution in [0.1, 0.15) is 17.1 Å². The maximum Gasteiger partial charge on any atom is 0.323 e. The molecule has 10 heteroatoms. The summed E-state index contributed by atoms with van der Waals surface area (Å²) in [6.07, 6.45) is 1.68. The number of rotatable bonds is 4. The normalized spacial score (nSPS) is 12.7. The molecule has 0 atom stereocenters. The Morgan fingerprint density at radius 3 is 2.83 bits per heavy atom. The molecular formula is C20H18F2N6O2. The number of urea groups is 1. The van der Waals surface area contributed by atoms with Crippen LogP contribution < -0.4 is 11.1 Å². The molecule has 8 nitrogen and oxygen atoms in total. The number of carbonyl (C=O) groups is 1. The minimum Gasteiger partial charge on any atom is -0.396 e. The Kier molecular flexibility index (Phi) is 5.23. The van der Waals surface area contributed by atoms with Gasteiger partial charge in [0.05, 0.1) is 30.2 Å². The van der Waals surface area contributed by atoms with Crippen molar-refractivity contribution in [2.45, 2.75) is 19.7 Å². The lowest BCUT2D eigenvalue weighted by Crippen LogP contribution is -2.31. The molecule has 30 heavy (non-hydrogen) atoms. The van der Waals surface area contributed by atoms with Crippen molar-refractivity contribution >= 4 is 17.5 Å². The second kappa shape index (κ2) is 7.99. The molecule has 1 aliphatic heterocycles. The molecule has 0 saturated heterocycles. The number of anilines is 2. The van der Waals surface area contributed by atoms with Crippen molar-refractivity contribution < 1.29 is 18.3 Å². The Balaban J connectivity index is 1.52. The summed E-state index contributed by atoms with van der Waals surface area (Å²) in [6.45, 7) is 0.917. The number of carbonyl (C=O) groups excluding carboxylic acids is 1. The number of aromatic nitrogens is 3. The zero-order chi connectivity index (χ0) is 21.3. The maximum absolute atomic E-state index is 14.1. The van der Waals surface area contributed by atoms with Gasteiger partial charge in [-0.25, -0.2) is 28.5 Å². The van der Waals surface area contributed by atoms with Crippen LogP contribution in [0.5, 0.6) is 0 Å². The quantitative estimate of drug-likeness (QED) is 0.682. The molecule has 2 aromatic heterocycles. The number of hydrogen-bond donors (Lipinski definition) is 2. The van der Waals surface area contributed by atoms with Gasteiger partial charge < -0.3 is 15.4 Å². The Bertz CT molecular complexity index is 1120. The highest BCUT2D eigenvalue weighted by Gasteiger charge is 2.26. The summed E-state index contributed by atoms with van der Waals surface area (Å²) < 4.78 is 32.3. The number of halogens is 2. The zero-order valence-corrected chi connectivity index (χ0v) is 16.0. The van der Waals surface area contributed by atoms with Gasteiger partial charge in [-0.3, -0.25) is 5.32 Å². The zero-order valence-electron chi connectivity index (χ0n) is 16.0. The predicted molar refractivity (Wildman–Crippen MR) is 105 cm³/mol. The summed E-state index contributed by atoms with van der Waals surface area (Å²) in [5.74, 6) is -0.822. The highest BCUT2D eigenvalue weighted by molar-refractivity contribution is 5.92. The van der Waals surface area contributed by atoms with E-state index in [2.05, 4.69) is 20.3 Å². The lowest BCUT2D eigenvalue weighted by molar-refractivity contribution is 0.177. The van der Waals surface area contributed by atoms with Crippen molar-refractivity contribution in [2.75, 3.05) is 18.2 Å². The number of nitrogen functional groups attached to an aromatic ring is 1. The fraction of sp³-hybridized carbons (Fsp3) is 0.200. The molecule has 0 unspecified atom stereocenters. The van der Waals surface area contributed by atoms with E-state index in [0.717, 1.165) is 23.4 Å². The third-order valence-electron chi connectivity index (χ3n) is 4.63. The first kappa shape index (κ1) is 19.6. The smallest absolute Gasteiger partial charge is 0.323 e. The largest absolute Gasteiger partial charge is 0.396 e. The van der Waals surface area contributed by atoms with Crippen molar-refractivity contribution in [2.24, 2.45) is 0 Å². The molecule has 1 aliphatic rings. The van der Waals surface area contributed by atoms with Crippen molar-refractivity contribution in [1.29, 1.82) is 0 Å². The Morgan fingerprint density at radius 1 is 1.23 bits per heavy atom. The average Bonchev–Trinajstić information content (AvgIpc) is 3.14. The van der Waals surface area contributed by atoms with E-state index in [0.29, 0.717) is 18.9 Å². The number of pyridine rings is 1. The van der Waals surface area contributed by atoms with Gasteiger partial charge in [-0.1, -0.05) is 0 Å². The first-order valence-electron chi connectivity index (χ1n) is 9.05. The molecule has 0 bridgehead atoms. The number of nitrogens with zero attached hydrogens (tertiary/aromatic N) is 4. The summed E-state index contributed by atoms with van der Waals surface area (Å²) in [4.78, 5) is 27.1. The molecule has 154 valence electrons. The van der Waals surface area contributed by atoms with E-state index in [-0.39, 0.29) is 29.4 Å². The third kappa shape index (κ3) is 3.90. The maximum atomic E-state index is 14.1. The first-order valence-corrected chi connectivity index (χ1v) is 9.05. The van der Waals surface area contributed by atoms with Gasteiger partial charge in [-0.05, 0) is 24.3 Å². The van der Waals surface area contributed by atoms with E-state index in [9.17, 15) is 13.6 Å². The molecule has 0 radical (unpaired) electrons. The van der Waals surface area contributed by atoms with Crippen LogP contribution >= 0.6 is 0 Å². The van der Waals surface area contributed by atoms with Gasteiger partial charge in [-0.2, -0.15) is 0 Å². The van der Waals surface area contributed by atoms with E-state index in [1.807, 2.05) is 0 Å². The summed E-state index contributed by atoms with van der Waals surface area (Å²) in [5, 5.41) is 2.65. The third-order valence-corrected chi connectivity index (χ3v) is 4.63. The number of methoxy groups -OCH3 is 1. The molecule has 0 fully saturated rings. The standard InChI is InChI=1S/C20H18F2N6O2/c1-30-10-18-24-7-11-8-28(9-17(11)25-18)20(29)27-19-15(23)4-5-16(26-19)13-3-2-12(21)6-14(13)22/h2-7H,8-10,23H2,1H3,(H,26,27,29). The topological polar surface area (TPSA) is 106 Å². The van der Waals surface area contributed by atoms with Crippen molar-refractivity contribution in [3.63, 3.8) is 0 Å². The fourth-order valence-corrected chi connectivity index (χ4v) is 3.13. The van der Waals surface area contributed by atoms with Crippen molar-refractivity contribution in [3.05, 3.63) is 65.2 Å². The van der Waals surface area contributed by atoms with Crippen LogP contribution in [0.2, 0.25) is 0 Å². The van der Waals surface area contributed by atoms with Gasteiger partial charge in [-0.15, -0.1) is 0 Å². The highest BCUT2D eigenvalue weighted by Crippen LogP contribution is 2.27. The molecule has 2 amide bonds. The van der Waals surface area contributed by atoms with E-state index in [1.165, 1.54) is 23.1 Å². The SMILES string of the molecule is COCc1ncc2c(n1)CN(C(=O)Nc1nc(-c3ccc(F)cc3F)ccc1N)C2. The van der Waals surface area contributed by atoms with E-state index in [4.69, 9.17) is 10.5 Å². The minimum absolute atomic E-state index is 0.0864. The first-order chi connectivity index (χ1) is 14.4. The van der Waals surface area contributed by atoms with Crippen LogP contribution in [0.4, 0.5) is 25.1 Å². The second-order valence-electron chi connectivity index (χ2n) is 6.74. The summed E-state index contributed by atoms with van der Waals surface area (Å²) >= 11 is 0. The van der Waals surface area contributed by atoms with Crippen molar-refractivity contribution in [1.82, 2.24) is 19.9 Å². The van der Waals surface area contributed by atoms with Crippen LogP contribution in [0.25, 0.3) is 11.3 Å². The summed E-state index contributed by atoms with van der Waals surface area (Å²) in [5.41, 5.74) is 8.05. The van der Waals surface area contributed by atoms with E-state index in [1.54, 1.807) is 13.3 Å².